The maximum absolute atomic E-state index is 11.3. The molecule has 1 heterocycles. The summed E-state index contributed by atoms with van der Waals surface area (Å²) in [5, 5.41) is 0.862. The largest absolute Gasteiger partial charge is 0.495 e. The van der Waals surface area contributed by atoms with E-state index in [0.717, 1.165) is 9.71 Å². The summed E-state index contributed by atoms with van der Waals surface area (Å²) in [6.45, 7) is 1.85. The molecule has 0 N–H and O–H groups in total. The fourth-order valence-electron chi connectivity index (χ4n) is 1.40. The van der Waals surface area contributed by atoms with Crippen LogP contribution in [0, 0.1) is 6.92 Å². The first-order valence-electron chi connectivity index (χ1n) is 4.31. The number of nitrogens with zero attached hydrogens (tertiary/aromatic N) is 1. The number of halogens is 1. The first kappa shape index (κ1) is 11.6. The van der Waals surface area contributed by atoms with Crippen LogP contribution in [-0.4, -0.2) is 20.5 Å². The Bertz CT molecular complexity index is 648. The van der Waals surface area contributed by atoms with E-state index in [1.165, 1.54) is 24.5 Å². The van der Waals surface area contributed by atoms with Gasteiger partial charge in [0.25, 0.3) is 9.05 Å². The maximum atomic E-state index is 11.3. The maximum Gasteiger partial charge on any atom is 0.265 e. The van der Waals surface area contributed by atoms with Crippen molar-refractivity contribution in [3.8, 4) is 5.75 Å². The minimum atomic E-state index is -3.80. The van der Waals surface area contributed by atoms with E-state index in [0.29, 0.717) is 5.52 Å². The third-order valence-corrected chi connectivity index (χ3v) is 4.32. The number of benzene rings is 1. The van der Waals surface area contributed by atoms with Crippen molar-refractivity contribution in [3.05, 3.63) is 17.1 Å². The van der Waals surface area contributed by atoms with Gasteiger partial charge in [0, 0.05) is 16.7 Å². The van der Waals surface area contributed by atoms with Gasteiger partial charge in [0.2, 0.25) is 0 Å². The highest BCUT2D eigenvalue weighted by Gasteiger charge is 2.18. The van der Waals surface area contributed by atoms with Gasteiger partial charge in [-0.2, -0.15) is 0 Å². The summed E-state index contributed by atoms with van der Waals surface area (Å²) in [6, 6.07) is 3.06. The minimum absolute atomic E-state index is 0.0205. The first-order valence-corrected chi connectivity index (χ1v) is 7.44. The molecule has 4 nitrogen and oxygen atoms in total. The molecule has 7 heteroatoms. The van der Waals surface area contributed by atoms with Gasteiger partial charge in [0.1, 0.15) is 10.6 Å². The Morgan fingerprint density at radius 1 is 1.44 bits per heavy atom. The topological polar surface area (TPSA) is 56.3 Å². The molecular formula is C9H8ClNO3S2. The zero-order chi connectivity index (χ0) is 11.9. The second-order valence-electron chi connectivity index (χ2n) is 3.14. The zero-order valence-corrected chi connectivity index (χ0v) is 10.9. The first-order chi connectivity index (χ1) is 7.41. The van der Waals surface area contributed by atoms with Crippen molar-refractivity contribution in [1.82, 2.24) is 4.98 Å². The summed E-state index contributed by atoms with van der Waals surface area (Å²) in [5.74, 6) is 0.216. The molecule has 0 fully saturated rings. The fourth-order valence-corrected chi connectivity index (χ4v) is 3.33. The van der Waals surface area contributed by atoms with Crippen molar-refractivity contribution in [3.63, 3.8) is 0 Å². The van der Waals surface area contributed by atoms with Crippen LogP contribution in [0.15, 0.2) is 17.0 Å². The summed E-state index contributed by atoms with van der Waals surface area (Å²) in [4.78, 5) is 4.23. The van der Waals surface area contributed by atoms with Crippen LogP contribution in [0.2, 0.25) is 0 Å². The van der Waals surface area contributed by atoms with Gasteiger partial charge in [-0.25, -0.2) is 13.4 Å². The van der Waals surface area contributed by atoms with Gasteiger partial charge in [-0.1, -0.05) is 0 Å². The van der Waals surface area contributed by atoms with E-state index < -0.39 is 9.05 Å². The van der Waals surface area contributed by atoms with E-state index >= 15 is 0 Å². The van der Waals surface area contributed by atoms with Gasteiger partial charge >= 0.3 is 0 Å². The van der Waals surface area contributed by atoms with E-state index in [2.05, 4.69) is 4.98 Å². The summed E-state index contributed by atoms with van der Waals surface area (Å²) in [6.07, 6.45) is 0. The lowest BCUT2D eigenvalue weighted by Gasteiger charge is -2.04. The predicted molar refractivity (Wildman–Crippen MR) is 63.9 cm³/mol. The molecule has 0 atom stereocenters. The molecule has 0 radical (unpaired) electrons. The second-order valence-corrected chi connectivity index (χ2v) is 6.91. The third-order valence-electron chi connectivity index (χ3n) is 2.04. The molecule has 0 amide bonds. The Kier molecular flexibility index (Phi) is 2.81. The van der Waals surface area contributed by atoms with Crippen LogP contribution in [0.1, 0.15) is 5.01 Å². The van der Waals surface area contributed by atoms with E-state index in [4.69, 9.17) is 15.4 Å². The van der Waals surface area contributed by atoms with Crippen LogP contribution in [0.25, 0.3) is 10.2 Å². The summed E-state index contributed by atoms with van der Waals surface area (Å²) in [7, 11) is 2.92. The summed E-state index contributed by atoms with van der Waals surface area (Å²) in [5.41, 5.74) is 0.711. The van der Waals surface area contributed by atoms with Crippen LogP contribution < -0.4 is 4.74 Å². The highest BCUT2D eigenvalue weighted by Crippen LogP contribution is 2.33. The molecule has 0 unspecified atom stereocenters. The molecule has 0 saturated heterocycles. The second kappa shape index (κ2) is 3.87. The monoisotopic (exact) mass is 277 g/mol. The predicted octanol–water partition coefficient (Wildman–Crippen LogP) is 2.54. The van der Waals surface area contributed by atoms with Crippen LogP contribution in [0.3, 0.4) is 0 Å². The molecule has 1 aromatic heterocycles. The lowest BCUT2D eigenvalue weighted by atomic mass is 10.3. The molecule has 0 aliphatic rings. The average Bonchev–Trinajstić information content (AvgIpc) is 2.53. The molecule has 16 heavy (non-hydrogen) atoms. The van der Waals surface area contributed by atoms with E-state index in [1.54, 1.807) is 6.07 Å². The number of fused-ring (bicyclic) bond motifs is 1. The number of ether oxygens (including phenoxy) is 1. The molecule has 2 aromatic rings. The normalized spacial score (nSPS) is 11.9. The van der Waals surface area contributed by atoms with E-state index in [9.17, 15) is 8.42 Å². The van der Waals surface area contributed by atoms with E-state index in [-0.39, 0.29) is 10.6 Å². The Morgan fingerprint density at radius 3 is 2.69 bits per heavy atom. The Labute approximate surface area is 101 Å². The molecule has 0 bridgehead atoms. The molecule has 0 spiro atoms. The highest BCUT2D eigenvalue weighted by molar-refractivity contribution is 8.13. The summed E-state index contributed by atoms with van der Waals surface area (Å²) >= 11 is 1.41. The van der Waals surface area contributed by atoms with Crippen molar-refractivity contribution in [1.29, 1.82) is 0 Å². The Morgan fingerprint density at radius 2 is 2.12 bits per heavy atom. The van der Waals surface area contributed by atoms with Crippen molar-refractivity contribution < 1.29 is 13.2 Å². The Balaban J connectivity index is 2.82. The lowest BCUT2D eigenvalue weighted by molar-refractivity contribution is 0.404. The quantitative estimate of drug-likeness (QED) is 0.792. The van der Waals surface area contributed by atoms with Gasteiger partial charge in [0.15, 0.2) is 0 Å². The molecule has 86 valence electrons. The molecule has 0 aliphatic heterocycles. The number of aryl methyl sites for hydroxylation is 1. The molecular weight excluding hydrogens is 270 g/mol. The fraction of sp³-hybridized carbons (Fsp3) is 0.222. The lowest BCUT2D eigenvalue weighted by Crippen LogP contribution is -1.95. The highest BCUT2D eigenvalue weighted by atomic mass is 35.7. The standard InChI is InChI=1S/C9H8ClNO3S2/c1-5-11-6-3-7(14-2)9(16(10,12)13)4-8(6)15-5/h3-4H,1-2H3. The van der Waals surface area contributed by atoms with E-state index in [1.807, 2.05) is 6.92 Å². The number of hydrogen-bond acceptors (Lipinski definition) is 5. The molecule has 2 rings (SSSR count). The zero-order valence-electron chi connectivity index (χ0n) is 8.52. The van der Waals surface area contributed by atoms with Crippen LogP contribution in [0.5, 0.6) is 5.75 Å². The molecule has 0 saturated carbocycles. The van der Waals surface area contributed by atoms with Crippen molar-refractivity contribution in [2.75, 3.05) is 7.11 Å². The third kappa shape index (κ3) is 2.00. The smallest absolute Gasteiger partial charge is 0.265 e. The van der Waals surface area contributed by atoms with Crippen LogP contribution in [-0.2, 0) is 9.05 Å². The van der Waals surface area contributed by atoms with Crippen molar-refractivity contribution >= 4 is 41.3 Å². The van der Waals surface area contributed by atoms with Gasteiger partial charge in [-0.05, 0) is 13.0 Å². The van der Waals surface area contributed by atoms with Crippen LogP contribution in [0.4, 0.5) is 0 Å². The van der Waals surface area contributed by atoms with Crippen LogP contribution >= 0.6 is 22.0 Å². The molecule has 0 aliphatic carbocycles. The van der Waals surface area contributed by atoms with Crippen molar-refractivity contribution in [2.24, 2.45) is 0 Å². The van der Waals surface area contributed by atoms with Gasteiger partial charge in [0.05, 0.1) is 22.3 Å². The average molecular weight is 278 g/mol. The summed E-state index contributed by atoms with van der Waals surface area (Å²) < 4.78 is 28.4. The van der Waals surface area contributed by atoms with Gasteiger partial charge in [-0.15, -0.1) is 11.3 Å². The SMILES string of the molecule is COc1cc2nc(C)sc2cc1S(=O)(=O)Cl. The molecule has 1 aromatic carbocycles. The number of aromatic nitrogens is 1. The van der Waals surface area contributed by atoms with Gasteiger partial charge in [-0.3, -0.25) is 0 Å². The number of methoxy groups -OCH3 is 1. The Hall–Kier alpha value is -0.850. The van der Waals surface area contributed by atoms with Gasteiger partial charge < -0.3 is 4.74 Å². The number of rotatable bonds is 2. The number of hydrogen-bond donors (Lipinski definition) is 0. The number of thiazole rings is 1. The minimum Gasteiger partial charge on any atom is -0.495 e. The van der Waals surface area contributed by atoms with Crippen molar-refractivity contribution in [2.45, 2.75) is 11.8 Å².